The fourth-order valence-corrected chi connectivity index (χ4v) is 1.48. The van der Waals surface area contributed by atoms with E-state index in [1.807, 2.05) is 26.0 Å². The zero-order valence-corrected chi connectivity index (χ0v) is 7.66. The highest BCUT2D eigenvalue weighted by molar-refractivity contribution is 5.83. The first-order valence-corrected chi connectivity index (χ1v) is 4.19. The van der Waals surface area contributed by atoms with Crippen LogP contribution in [-0.2, 0) is 6.61 Å². The number of aliphatic hydroxyl groups excluding tert-OH is 1. The number of fused-ring (bicyclic) bond motifs is 1. The summed E-state index contributed by atoms with van der Waals surface area (Å²) in [5.41, 5.74) is 3.44. The van der Waals surface area contributed by atoms with E-state index in [4.69, 9.17) is 9.63 Å². The monoisotopic (exact) mass is 177 g/mol. The summed E-state index contributed by atoms with van der Waals surface area (Å²) in [5, 5.41) is 14.0. The fraction of sp³-hybridized carbons (Fsp3) is 0.300. The maximum Gasteiger partial charge on any atom is 0.172 e. The van der Waals surface area contributed by atoms with Crippen LogP contribution < -0.4 is 0 Å². The third kappa shape index (κ3) is 1.12. The SMILES string of the molecule is Cc1ccc2c(C)noc2c1CO. The summed E-state index contributed by atoms with van der Waals surface area (Å²) in [4.78, 5) is 0. The predicted molar refractivity (Wildman–Crippen MR) is 49.4 cm³/mol. The normalized spacial score (nSPS) is 11.0. The summed E-state index contributed by atoms with van der Waals surface area (Å²) in [6.07, 6.45) is 0. The maximum atomic E-state index is 9.14. The number of aliphatic hydroxyl groups is 1. The van der Waals surface area contributed by atoms with E-state index in [2.05, 4.69) is 5.16 Å². The van der Waals surface area contributed by atoms with Crippen molar-refractivity contribution in [2.45, 2.75) is 20.5 Å². The predicted octanol–water partition coefficient (Wildman–Crippen LogP) is 1.94. The van der Waals surface area contributed by atoms with E-state index in [1.54, 1.807) is 0 Å². The Bertz CT molecular complexity index is 445. The second-order valence-electron chi connectivity index (χ2n) is 3.16. The lowest BCUT2D eigenvalue weighted by Crippen LogP contribution is -1.88. The molecule has 3 heteroatoms. The van der Waals surface area contributed by atoms with Gasteiger partial charge < -0.3 is 9.63 Å². The standard InChI is InChI=1S/C10H11NO2/c1-6-3-4-8-7(2)11-13-10(8)9(6)5-12/h3-4,12H,5H2,1-2H3. The number of rotatable bonds is 1. The summed E-state index contributed by atoms with van der Waals surface area (Å²) < 4.78 is 5.14. The van der Waals surface area contributed by atoms with Crippen LogP contribution in [0.5, 0.6) is 0 Å². The minimum Gasteiger partial charge on any atom is -0.392 e. The largest absolute Gasteiger partial charge is 0.392 e. The summed E-state index contributed by atoms with van der Waals surface area (Å²) >= 11 is 0. The second-order valence-corrected chi connectivity index (χ2v) is 3.16. The summed E-state index contributed by atoms with van der Waals surface area (Å²) in [7, 11) is 0. The molecule has 0 aliphatic carbocycles. The average molecular weight is 177 g/mol. The van der Waals surface area contributed by atoms with Crippen LogP contribution in [-0.4, -0.2) is 10.3 Å². The number of aryl methyl sites for hydroxylation is 2. The van der Waals surface area contributed by atoms with Gasteiger partial charge in [0.15, 0.2) is 5.58 Å². The summed E-state index contributed by atoms with van der Waals surface area (Å²) in [6.45, 7) is 3.84. The Balaban J connectivity index is 2.85. The summed E-state index contributed by atoms with van der Waals surface area (Å²) in [6, 6.07) is 3.94. The molecule has 0 aliphatic rings. The van der Waals surface area contributed by atoms with Crippen LogP contribution in [0.15, 0.2) is 16.7 Å². The van der Waals surface area contributed by atoms with Gasteiger partial charge in [0, 0.05) is 10.9 Å². The lowest BCUT2D eigenvalue weighted by Gasteiger charge is -2.00. The topological polar surface area (TPSA) is 46.3 Å². The molecule has 1 heterocycles. The molecule has 1 aromatic heterocycles. The molecule has 0 fully saturated rings. The van der Waals surface area contributed by atoms with Gasteiger partial charge in [0.05, 0.1) is 12.3 Å². The molecule has 1 aromatic carbocycles. The molecule has 1 N–H and O–H groups in total. The Labute approximate surface area is 76.0 Å². The van der Waals surface area contributed by atoms with Crippen molar-refractivity contribution >= 4 is 11.0 Å². The number of nitrogens with zero attached hydrogens (tertiary/aromatic N) is 1. The van der Waals surface area contributed by atoms with Crippen LogP contribution in [0.25, 0.3) is 11.0 Å². The van der Waals surface area contributed by atoms with Crippen molar-refractivity contribution in [3.05, 3.63) is 29.0 Å². The third-order valence-electron chi connectivity index (χ3n) is 2.32. The van der Waals surface area contributed by atoms with Gasteiger partial charge in [-0.05, 0) is 25.5 Å². The number of benzene rings is 1. The Morgan fingerprint density at radius 3 is 2.85 bits per heavy atom. The van der Waals surface area contributed by atoms with E-state index in [1.165, 1.54) is 0 Å². The Morgan fingerprint density at radius 2 is 2.15 bits per heavy atom. The number of hydrogen-bond donors (Lipinski definition) is 1. The van der Waals surface area contributed by atoms with Gasteiger partial charge in [-0.25, -0.2) is 0 Å². The van der Waals surface area contributed by atoms with Gasteiger partial charge in [0.1, 0.15) is 0 Å². The molecule has 0 atom stereocenters. The van der Waals surface area contributed by atoms with Crippen LogP contribution in [0.3, 0.4) is 0 Å². The Kier molecular flexibility index (Phi) is 1.81. The van der Waals surface area contributed by atoms with Crippen molar-refractivity contribution < 1.29 is 9.63 Å². The lowest BCUT2D eigenvalue weighted by atomic mass is 10.1. The molecule has 0 bridgehead atoms. The van der Waals surface area contributed by atoms with E-state index < -0.39 is 0 Å². The number of aromatic nitrogens is 1. The molecule has 0 saturated carbocycles. The van der Waals surface area contributed by atoms with E-state index in [-0.39, 0.29) is 6.61 Å². The fourth-order valence-electron chi connectivity index (χ4n) is 1.48. The first-order chi connectivity index (χ1) is 6.24. The highest BCUT2D eigenvalue weighted by Gasteiger charge is 2.10. The highest BCUT2D eigenvalue weighted by atomic mass is 16.5. The third-order valence-corrected chi connectivity index (χ3v) is 2.32. The van der Waals surface area contributed by atoms with Crippen LogP contribution in [0.4, 0.5) is 0 Å². The molecule has 0 unspecified atom stereocenters. The van der Waals surface area contributed by atoms with Gasteiger partial charge in [-0.3, -0.25) is 0 Å². The van der Waals surface area contributed by atoms with E-state index in [0.29, 0.717) is 5.58 Å². The van der Waals surface area contributed by atoms with Crippen molar-refractivity contribution in [3.8, 4) is 0 Å². The van der Waals surface area contributed by atoms with Crippen molar-refractivity contribution in [1.29, 1.82) is 0 Å². The maximum absolute atomic E-state index is 9.14. The minimum atomic E-state index is -0.00218. The van der Waals surface area contributed by atoms with Crippen molar-refractivity contribution in [2.24, 2.45) is 0 Å². The minimum absolute atomic E-state index is 0.00218. The molecule has 0 saturated heterocycles. The van der Waals surface area contributed by atoms with Gasteiger partial charge in [0.25, 0.3) is 0 Å². The van der Waals surface area contributed by atoms with Gasteiger partial charge >= 0.3 is 0 Å². The van der Waals surface area contributed by atoms with Crippen LogP contribution >= 0.6 is 0 Å². The zero-order valence-electron chi connectivity index (χ0n) is 7.66. The van der Waals surface area contributed by atoms with Crippen molar-refractivity contribution in [1.82, 2.24) is 5.16 Å². The lowest BCUT2D eigenvalue weighted by molar-refractivity contribution is 0.279. The molecule has 68 valence electrons. The molecular weight excluding hydrogens is 166 g/mol. The van der Waals surface area contributed by atoms with E-state index >= 15 is 0 Å². The van der Waals surface area contributed by atoms with Crippen LogP contribution in [0, 0.1) is 13.8 Å². The molecule has 2 aromatic rings. The molecule has 13 heavy (non-hydrogen) atoms. The molecule has 0 amide bonds. The molecule has 3 nitrogen and oxygen atoms in total. The van der Waals surface area contributed by atoms with Gasteiger partial charge in [-0.15, -0.1) is 0 Å². The molecular formula is C10H11NO2. The Hall–Kier alpha value is -1.35. The Morgan fingerprint density at radius 1 is 1.38 bits per heavy atom. The van der Waals surface area contributed by atoms with E-state index in [9.17, 15) is 0 Å². The second kappa shape index (κ2) is 2.85. The molecule has 0 spiro atoms. The highest BCUT2D eigenvalue weighted by Crippen LogP contribution is 2.24. The quantitative estimate of drug-likeness (QED) is 0.724. The molecule has 0 radical (unpaired) electrons. The molecule has 2 rings (SSSR count). The van der Waals surface area contributed by atoms with E-state index in [0.717, 1.165) is 22.2 Å². The van der Waals surface area contributed by atoms with Gasteiger partial charge in [-0.2, -0.15) is 0 Å². The summed E-state index contributed by atoms with van der Waals surface area (Å²) in [5.74, 6) is 0. The smallest absolute Gasteiger partial charge is 0.172 e. The van der Waals surface area contributed by atoms with Crippen molar-refractivity contribution in [3.63, 3.8) is 0 Å². The van der Waals surface area contributed by atoms with Crippen molar-refractivity contribution in [2.75, 3.05) is 0 Å². The average Bonchev–Trinajstić information content (AvgIpc) is 2.48. The van der Waals surface area contributed by atoms with Gasteiger partial charge in [-0.1, -0.05) is 11.2 Å². The van der Waals surface area contributed by atoms with Crippen LogP contribution in [0.2, 0.25) is 0 Å². The first-order valence-electron chi connectivity index (χ1n) is 4.19. The van der Waals surface area contributed by atoms with Gasteiger partial charge in [0.2, 0.25) is 0 Å². The molecule has 0 aliphatic heterocycles. The number of hydrogen-bond acceptors (Lipinski definition) is 3. The first kappa shape index (κ1) is 8.26. The van der Waals surface area contributed by atoms with Crippen LogP contribution in [0.1, 0.15) is 16.8 Å². The zero-order chi connectivity index (χ0) is 9.42.